The highest BCUT2D eigenvalue weighted by Crippen LogP contribution is 2.24. The van der Waals surface area contributed by atoms with Gasteiger partial charge < -0.3 is 10.1 Å². The van der Waals surface area contributed by atoms with E-state index in [0.717, 1.165) is 0 Å². The standard InChI is InChI=1S/C22H29N3O6S2/c1-15(2)32(27,28)24-19-10-8-18(9-11-19)22(26)23-20-6-5-7-21(12-20)33(29,30)25-13-16(3)31-17(4)14-25/h5-12,15-17,24H,13-14H2,1-4H3,(H,23,26)/t16-,17+. The van der Waals surface area contributed by atoms with Crippen LogP contribution >= 0.6 is 0 Å². The van der Waals surface area contributed by atoms with Crippen molar-refractivity contribution >= 4 is 37.3 Å². The summed E-state index contributed by atoms with van der Waals surface area (Å²) in [6.45, 7) is 7.31. The number of ether oxygens (including phenoxy) is 1. The average molecular weight is 496 g/mol. The Bertz CT molecular complexity index is 1200. The van der Waals surface area contributed by atoms with E-state index in [0.29, 0.717) is 16.9 Å². The van der Waals surface area contributed by atoms with E-state index < -0.39 is 31.2 Å². The number of benzene rings is 2. The van der Waals surface area contributed by atoms with Crippen molar-refractivity contribution in [1.82, 2.24) is 4.31 Å². The lowest BCUT2D eigenvalue weighted by Crippen LogP contribution is -2.48. The molecule has 1 aliphatic heterocycles. The van der Waals surface area contributed by atoms with Gasteiger partial charge in [0.25, 0.3) is 5.91 Å². The third-order valence-electron chi connectivity index (χ3n) is 5.14. The van der Waals surface area contributed by atoms with E-state index in [-0.39, 0.29) is 30.2 Å². The van der Waals surface area contributed by atoms with Crippen LogP contribution in [0.5, 0.6) is 0 Å². The van der Waals surface area contributed by atoms with Gasteiger partial charge in [0.15, 0.2) is 0 Å². The first kappa shape index (κ1) is 25.2. The maximum absolute atomic E-state index is 13.1. The van der Waals surface area contributed by atoms with Crippen LogP contribution in [0.25, 0.3) is 0 Å². The quantitative estimate of drug-likeness (QED) is 0.609. The second-order valence-corrected chi connectivity index (χ2v) is 12.5. The van der Waals surface area contributed by atoms with Crippen LogP contribution in [0.1, 0.15) is 38.1 Å². The van der Waals surface area contributed by atoms with Crippen LogP contribution in [0, 0.1) is 0 Å². The van der Waals surface area contributed by atoms with E-state index in [2.05, 4.69) is 10.0 Å². The van der Waals surface area contributed by atoms with E-state index in [4.69, 9.17) is 4.74 Å². The molecule has 0 aliphatic carbocycles. The molecule has 3 rings (SSSR count). The molecule has 11 heteroatoms. The number of carbonyl (C=O) groups is 1. The van der Waals surface area contributed by atoms with Gasteiger partial charge in [0.2, 0.25) is 20.0 Å². The van der Waals surface area contributed by atoms with Gasteiger partial charge in [0.05, 0.1) is 22.4 Å². The molecule has 0 spiro atoms. The number of nitrogens with zero attached hydrogens (tertiary/aromatic N) is 1. The largest absolute Gasteiger partial charge is 0.373 e. The minimum atomic E-state index is -3.74. The predicted octanol–water partition coefficient (Wildman–Crippen LogP) is 2.89. The van der Waals surface area contributed by atoms with Crippen molar-refractivity contribution in [3.8, 4) is 0 Å². The first-order chi connectivity index (χ1) is 15.4. The van der Waals surface area contributed by atoms with Crippen LogP contribution in [-0.2, 0) is 24.8 Å². The summed E-state index contributed by atoms with van der Waals surface area (Å²) in [5.41, 5.74) is 0.980. The van der Waals surface area contributed by atoms with Crippen LogP contribution in [0.3, 0.4) is 0 Å². The van der Waals surface area contributed by atoms with Gasteiger partial charge in [-0.05, 0) is 70.2 Å². The van der Waals surface area contributed by atoms with Gasteiger partial charge >= 0.3 is 0 Å². The van der Waals surface area contributed by atoms with Crippen molar-refractivity contribution in [2.24, 2.45) is 0 Å². The molecule has 9 nitrogen and oxygen atoms in total. The molecule has 1 aliphatic rings. The molecule has 180 valence electrons. The van der Waals surface area contributed by atoms with Crippen molar-refractivity contribution in [2.45, 2.75) is 50.0 Å². The molecule has 0 aromatic heterocycles. The second-order valence-electron chi connectivity index (χ2n) is 8.33. The molecule has 33 heavy (non-hydrogen) atoms. The Morgan fingerprint density at radius 1 is 0.970 bits per heavy atom. The molecule has 1 amide bonds. The number of hydrogen-bond donors (Lipinski definition) is 2. The SMILES string of the molecule is CC(C)S(=O)(=O)Nc1ccc(C(=O)Nc2cccc(S(=O)(=O)N3C[C@@H](C)O[C@@H](C)C3)c2)cc1. The molecule has 1 saturated heterocycles. The molecule has 2 aromatic rings. The van der Waals surface area contributed by atoms with Gasteiger partial charge in [0.1, 0.15) is 0 Å². The molecule has 0 bridgehead atoms. The van der Waals surface area contributed by atoms with Crippen LogP contribution in [0.15, 0.2) is 53.4 Å². The summed E-state index contributed by atoms with van der Waals surface area (Å²) in [6, 6.07) is 12.1. The van der Waals surface area contributed by atoms with E-state index in [1.807, 2.05) is 13.8 Å². The lowest BCUT2D eigenvalue weighted by molar-refractivity contribution is -0.0440. The summed E-state index contributed by atoms with van der Waals surface area (Å²) in [6.07, 6.45) is -0.418. The summed E-state index contributed by atoms with van der Waals surface area (Å²) in [4.78, 5) is 12.7. The van der Waals surface area contributed by atoms with Crippen LogP contribution < -0.4 is 10.0 Å². The average Bonchev–Trinajstić information content (AvgIpc) is 2.73. The Morgan fingerprint density at radius 3 is 2.15 bits per heavy atom. The third kappa shape index (κ3) is 6.11. The normalized spacial score (nSPS) is 19.9. The smallest absolute Gasteiger partial charge is 0.255 e. The number of amides is 1. The monoisotopic (exact) mass is 495 g/mol. The molecule has 2 N–H and O–H groups in total. The molecule has 0 radical (unpaired) electrons. The zero-order chi connectivity index (χ0) is 24.4. The fraction of sp³-hybridized carbons (Fsp3) is 0.409. The van der Waals surface area contributed by atoms with E-state index in [1.165, 1.54) is 40.7 Å². The Labute approximate surface area is 195 Å². The van der Waals surface area contributed by atoms with Gasteiger partial charge in [0, 0.05) is 30.0 Å². The maximum Gasteiger partial charge on any atom is 0.255 e. The predicted molar refractivity (Wildman–Crippen MR) is 127 cm³/mol. The molecule has 2 atom stereocenters. The summed E-state index contributed by atoms with van der Waals surface area (Å²) in [7, 11) is -7.23. The van der Waals surface area contributed by atoms with Gasteiger partial charge in [-0.15, -0.1) is 0 Å². The first-order valence-electron chi connectivity index (χ1n) is 10.6. The Kier molecular flexibility index (Phi) is 7.47. The van der Waals surface area contributed by atoms with Gasteiger partial charge in [-0.1, -0.05) is 6.07 Å². The maximum atomic E-state index is 13.1. The van der Waals surface area contributed by atoms with Gasteiger partial charge in [-0.3, -0.25) is 9.52 Å². The highest BCUT2D eigenvalue weighted by molar-refractivity contribution is 7.93. The number of sulfonamides is 2. The topological polar surface area (TPSA) is 122 Å². The lowest BCUT2D eigenvalue weighted by Gasteiger charge is -2.34. The number of morpholine rings is 1. The van der Waals surface area contributed by atoms with Crippen LogP contribution in [0.4, 0.5) is 11.4 Å². The summed E-state index contributed by atoms with van der Waals surface area (Å²) >= 11 is 0. The highest BCUT2D eigenvalue weighted by atomic mass is 32.2. The molecule has 0 unspecified atom stereocenters. The fourth-order valence-electron chi connectivity index (χ4n) is 3.39. The zero-order valence-electron chi connectivity index (χ0n) is 19.0. The van der Waals surface area contributed by atoms with Crippen molar-refractivity contribution in [3.05, 3.63) is 54.1 Å². The molecular weight excluding hydrogens is 466 g/mol. The summed E-state index contributed by atoms with van der Waals surface area (Å²) < 4.78 is 59.6. The molecule has 1 heterocycles. The first-order valence-corrected chi connectivity index (χ1v) is 13.6. The van der Waals surface area contributed by atoms with Crippen LogP contribution in [-0.4, -0.2) is 57.6 Å². The zero-order valence-corrected chi connectivity index (χ0v) is 20.6. The number of rotatable bonds is 7. The number of anilines is 2. The number of hydrogen-bond acceptors (Lipinski definition) is 6. The number of carbonyl (C=O) groups excluding carboxylic acids is 1. The van der Waals surface area contributed by atoms with E-state index >= 15 is 0 Å². The van der Waals surface area contributed by atoms with Crippen molar-refractivity contribution < 1.29 is 26.4 Å². The summed E-state index contributed by atoms with van der Waals surface area (Å²) in [5.74, 6) is -0.448. The number of nitrogens with one attached hydrogen (secondary N) is 2. The Morgan fingerprint density at radius 2 is 1.58 bits per heavy atom. The molecular formula is C22H29N3O6S2. The van der Waals surface area contributed by atoms with Crippen molar-refractivity contribution in [1.29, 1.82) is 0 Å². The Balaban J connectivity index is 1.73. The second kappa shape index (κ2) is 9.80. The van der Waals surface area contributed by atoms with Gasteiger partial charge in [-0.2, -0.15) is 4.31 Å². The third-order valence-corrected chi connectivity index (χ3v) is 8.73. The lowest BCUT2D eigenvalue weighted by atomic mass is 10.2. The Hall–Kier alpha value is -2.47. The highest BCUT2D eigenvalue weighted by Gasteiger charge is 2.32. The minimum absolute atomic E-state index is 0.0834. The molecule has 2 aromatic carbocycles. The van der Waals surface area contributed by atoms with Crippen LogP contribution in [0.2, 0.25) is 0 Å². The van der Waals surface area contributed by atoms with E-state index in [1.54, 1.807) is 26.0 Å². The van der Waals surface area contributed by atoms with E-state index in [9.17, 15) is 21.6 Å². The summed E-state index contributed by atoms with van der Waals surface area (Å²) in [5, 5.41) is 2.10. The van der Waals surface area contributed by atoms with Crippen molar-refractivity contribution in [2.75, 3.05) is 23.1 Å². The van der Waals surface area contributed by atoms with Gasteiger partial charge in [-0.25, -0.2) is 16.8 Å². The minimum Gasteiger partial charge on any atom is -0.373 e. The van der Waals surface area contributed by atoms with Crippen molar-refractivity contribution in [3.63, 3.8) is 0 Å². The molecule has 0 saturated carbocycles. The fourth-order valence-corrected chi connectivity index (χ4v) is 5.72. The molecule has 1 fully saturated rings.